The lowest BCUT2D eigenvalue weighted by Gasteiger charge is -2.12. The first-order valence-electron chi connectivity index (χ1n) is 8.28. The number of ether oxygens (including phenoxy) is 1. The van der Waals surface area contributed by atoms with Crippen LogP contribution in [0.2, 0.25) is 0 Å². The van der Waals surface area contributed by atoms with Crippen LogP contribution >= 0.6 is 11.8 Å². The number of hydrogen-bond acceptors (Lipinski definition) is 6. The molecule has 0 saturated carbocycles. The number of nitrogens with two attached hydrogens (primary N) is 1. The molecule has 0 fully saturated rings. The van der Waals surface area contributed by atoms with Crippen molar-refractivity contribution in [1.29, 1.82) is 0 Å². The van der Waals surface area contributed by atoms with Crippen LogP contribution in [0.15, 0.2) is 53.7 Å². The number of nitrogen functional groups attached to an aromatic ring is 1. The van der Waals surface area contributed by atoms with Crippen LogP contribution < -0.4 is 10.5 Å². The van der Waals surface area contributed by atoms with Crippen molar-refractivity contribution in [3.05, 3.63) is 59.7 Å². The van der Waals surface area contributed by atoms with Crippen LogP contribution in [-0.2, 0) is 6.42 Å². The summed E-state index contributed by atoms with van der Waals surface area (Å²) in [4.78, 5) is 0. The van der Waals surface area contributed by atoms with E-state index in [1.54, 1.807) is 11.7 Å². The highest BCUT2D eigenvalue weighted by molar-refractivity contribution is 7.99. The first kappa shape index (κ1) is 18.3. The summed E-state index contributed by atoms with van der Waals surface area (Å²) in [6, 6.07) is 15.7. The van der Waals surface area contributed by atoms with Crippen molar-refractivity contribution in [2.24, 2.45) is 0 Å². The number of aromatic nitrogens is 3. The highest BCUT2D eigenvalue weighted by Gasteiger charge is 2.15. The normalized spacial score (nSPS) is 12.1. The third-order valence-electron chi connectivity index (χ3n) is 3.93. The summed E-state index contributed by atoms with van der Waals surface area (Å²) in [7, 11) is 1.62. The van der Waals surface area contributed by atoms with Crippen LogP contribution in [0.1, 0.15) is 11.1 Å². The summed E-state index contributed by atoms with van der Waals surface area (Å²) in [5.74, 6) is 1.52. The first-order valence-corrected chi connectivity index (χ1v) is 9.27. The Morgan fingerprint density at radius 3 is 2.77 bits per heavy atom. The van der Waals surface area contributed by atoms with Gasteiger partial charge in [-0.05, 0) is 31.0 Å². The monoisotopic (exact) mass is 370 g/mol. The maximum Gasteiger partial charge on any atom is 0.227 e. The van der Waals surface area contributed by atoms with Gasteiger partial charge in [-0.1, -0.05) is 47.7 Å². The van der Waals surface area contributed by atoms with E-state index < -0.39 is 6.10 Å². The molecule has 1 atom stereocenters. The van der Waals surface area contributed by atoms with E-state index in [1.165, 1.54) is 17.3 Å². The molecule has 0 bridgehead atoms. The van der Waals surface area contributed by atoms with Crippen molar-refractivity contribution in [2.45, 2.75) is 24.6 Å². The predicted molar refractivity (Wildman–Crippen MR) is 104 cm³/mol. The van der Waals surface area contributed by atoms with Crippen molar-refractivity contribution >= 4 is 17.7 Å². The second-order valence-electron chi connectivity index (χ2n) is 6.04. The molecule has 1 heterocycles. The van der Waals surface area contributed by atoms with E-state index in [4.69, 9.17) is 10.5 Å². The molecule has 0 aliphatic carbocycles. The molecule has 3 N–H and O–H groups in total. The van der Waals surface area contributed by atoms with Gasteiger partial charge < -0.3 is 15.6 Å². The summed E-state index contributed by atoms with van der Waals surface area (Å²) in [6.45, 7) is 2.05. The zero-order chi connectivity index (χ0) is 18.5. The average molecular weight is 370 g/mol. The van der Waals surface area contributed by atoms with Gasteiger partial charge in [0.25, 0.3) is 0 Å². The molecule has 136 valence electrons. The highest BCUT2D eigenvalue weighted by atomic mass is 32.2. The lowest BCUT2D eigenvalue weighted by Crippen LogP contribution is -2.14. The molecule has 1 aromatic heterocycles. The third kappa shape index (κ3) is 4.36. The van der Waals surface area contributed by atoms with Gasteiger partial charge in [-0.15, -0.1) is 10.2 Å². The Bertz CT molecular complexity index is 881. The molecule has 2 aromatic carbocycles. The molecular weight excluding hydrogens is 348 g/mol. The molecule has 0 spiro atoms. The number of benzene rings is 2. The van der Waals surface area contributed by atoms with Crippen molar-refractivity contribution in [1.82, 2.24) is 14.8 Å². The summed E-state index contributed by atoms with van der Waals surface area (Å²) in [6.07, 6.45) is 0.107. The van der Waals surface area contributed by atoms with E-state index in [0.29, 0.717) is 23.3 Å². The third-order valence-corrected chi connectivity index (χ3v) is 5.00. The number of thioether (sulfide) groups is 1. The number of anilines is 1. The zero-order valence-corrected chi connectivity index (χ0v) is 15.6. The van der Waals surface area contributed by atoms with E-state index in [0.717, 1.165) is 17.0 Å². The minimum absolute atomic E-state index is 0.300. The number of aryl methyl sites for hydroxylation is 1. The molecule has 0 radical (unpaired) electrons. The van der Waals surface area contributed by atoms with Crippen LogP contribution in [0.4, 0.5) is 5.95 Å². The molecule has 0 aliphatic heterocycles. The van der Waals surface area contributed by atoms with Crippen LogP contribution in [0.3, 0.4) is 0 Å². The largest absolute Gasteiger partial charge is 0.497 e. The van der Waals surface area contributed by atoms with Gasteiger partial charge in [0, 0.05) is 11.8 Å². The molecule has 0 aliphatic rings. The van der Waals surface area contributed by atoms with Gasteiger partial charge in [-0.25, -0.2) is 0 Å². The Hall–Kier alpha value is -2.51. The SMILES string of the molecule is COc1cccc(-n2c(N)nnc2SC[C@@H](O)Cc2cccc(C)c2)c1. The van der Waals surface area contributed by atoms with Gasteiger partial charge >= 0.3 is 0 Å². The Morgan fingerprint density at radius 2 is 2.00 bits per heavy atom. The molecule has 0 unspecified atom stereocenters. The van der Waals surface area contributed by atoms with E-state index in [-0.39, 0.29) is 0 Å². The maximum absolute atomic E-state index is 10.4. The molecule has 3 rings (SSSR count). The number of aliphatic hydroxyl groups is 1. The first-order chi connectivity index (χ1) is 12.6. The van der Waals surface area contributed by atoms with E-state index in [9.17, 15) is 5.11 Å². The molecule has 0 saturated heterocycles. The Kier molecular flexibility index (Phi) is 5.80. The van der Waals surface area contributed by atoms with Gasteiger partial charge in [-0.2, -0.15) is 0 Å². The van der Waals surface area contributed by atoms with Gasteiger partial charge in [0.15, 0.2) is 5.16 Å². The second-order valence-corrected chi connectivity index (χ2v) is 7.02. The van der Waals surface area contributed by atoms with Gasteiger partial charge in [-0.3, -0.25) is 4.57 Å². The fraction of sp³-hybridized carbons (Fsp3) is 0.263. The van der Waals surface area contributed by atoms with E-state index in [2.05, 4.69) is 16.3 Å². The molecule has 6 nitrogen and oxygen atoms in total. The number of methoxy groups -OCH3 is 1. The van der Waals surface area contributed by atoms with Gasteiger partial charge in [0.1, 0.15) is 5.75 Å². The van der Waals surface area contributed by atoms with Crippen LogP contribution in [0.5, 0.6) is 5.75 Å². The lowest BCUT2D eigenvalue weighted by atomic mass is 10.1. The van der Waals surface area contributed by atoms with Gasteiger partial charge in [0.05, 0.1) is 18.9 Å². The van der Waals surface area contributed by atoms with Crippen molar-refractivity contribution in [3.8, 4) is 11.4 Å². The van der Waals surface area contributed by atoms with E-state index >= 15 is 0 Å². The Morgan fingerprint density at radius 1 is 1.19 bits per heavy atom. The standard InChI is InChI=1S/C19H22N4O2S/c1-13-5-3-6-14(9-13)10-16(24)12-26-19-22-21-18(20)23(19)15-7-4-8-17(11-15)25-2/h3-9,11,16,24H,10,12H2,1-2H3,(H2,20,21)/t16-/m0/s1. The summed E-state index contributed by atoms with van der Waals surface area (Å²) in [5.41, 5.74) is 9.11. The molecular formula is C19H22N4O2S. The van der Waals surface area contributed by atoms with Crippen LogP contribution in [0.25, 0.3) is 5.69 Å². The Labute approximate surface area is 157 Å². The molecule has 26 heavy (non-hydrogen) atoms. The van der Waals surface area contributed by atoms with Gasteiger partial charge in [0.2, 0.25) is 5.95 Å². The molecule has 3 aromatic rings. The average Bonchev–Trinajstić information content (AvgIpc) is 3.00. The zero-order valence-electron chi connectivity index (χ0n) is 14.8. The lowest BCUT2D eigenvalue weighted by molar-refractivity contribution is 0.200. The fourth-order valence-electron chi connectivity index (χ4n) is 2.71. The highest BCUT2D eigenvalue weighted by Crippen LogP contribution is 2.26. The number of hydrogen-bond donors (Lipinski definition) is 2. The predicted octanol–water partition coefficient (Wildman–Crippen LogP) is 2.86. The van der Waals surface area contributed by atoms with Crippen molar-refractivity contribution in [2.75, 3.05) is 18.6 Å². The second kappa shape index (κ2) is 8.25. The quantitative estimate of drug-likeness (QED) is 0.622. The topological polar surface area (TPSA) is 86.2 Å². The van der Waals surface area contributed by atoms with Crippen LogP contribution in [-0.4, -0.2) is 38.8 Å². The summed E-state index contributed by atoms with van der Waals surface area (Å²) < 4.78 is 7.02. The number of nitrogens with zero attached hydrogens (tertiary/aromatic N) is 3. The minimum atomic E-state index is -0.488. The number of rotatable bonds is 7. The Balaban J connectivity index is 1.70. The molecule has 0 amide bonds. The summed E-state index contributed by atoms with van der Waals surface area (Å²) >= 11 is 1.43. The number of aliphatic hydroxyl groups excluding tert-OH is 1. The molecule has 7 heteroatoms. The van der Waals surface area contributed by atoms with E-state index in [1.807, 2.05) is 49.4 Å². The minimum Gasteiger partial charge on any atom is -0.497 e. The van der Waals surface area contributed by atoms with Crippen LogP contribution in [0, 0.1) is 6.92 Å². The van der Waals surface area contributed by atoms with Crippen molar-refractivity contribution < 1.29 is 9.84 Å². The maximum atomic E-state index is 10.4. The smallest absolute Gasteiger partial charge is 0.227 e. The summed E-state index contributed by atoms with van der Waals surface area (Å²) in [5, 5.41) is 19.1. The van der Waals surface area contributed by atoms with Crippen molar-refractivity contribution in [3.63, 3.8) is 0 Å². The fourth-order valence-corrected chi connectivity index (χ4v) is 3.59.